The highest BCUT2D eigenvalue weighted by Crippen LogP contribution is 2.27. The summed E-state index contributed by atoms with van der Waals surface area (Å²) in [6.07, 6.45) is 2.65. The number of nitrogens with zero attached hydrogens (tertiary/aromatic N) is 3. The van der Waals surface area contributed by atoms with Crippen molar-refractivity contribution in [2.24, 2.45) is 5.92 Å². The van der Waals surface area contributed by atoms with Gasteiger partial charge in [0.2, 0.25) is 5.91 Å². The average Bonchev–Trinajstić information content (AvgIpc) is 2.78. The fraction of sp³-hybridized carbons (Fsp3) is 0.440. The summed E-state index contributed by atoms with van der Waals surface area (Å²) >= 11 is 0. The Morgan fingerprint density at radius 1 is 0.967 bits per heavy atom. The Kier molecular flexibility index (Phi) is 6.07. The summed E-state index contributed by atoms with van der Waals surface area (Å²) in [5.74, 6) is 0.440. The van der Waals surface area contributed by atoms with E-state index in [1.165, 1.54) is 11.3 Å². The van der Waals surface area contributed by atoms with Crippen molar-refractivity contribution in [3.05, 3.63) is 59.7 Å². The third-order valence-corrected chi connectivity index (χ3v) is 6.51. The highest BCUT2D eigenvalue weighted by atomic mass is 16.2. The maximum Gasteiger partial charge on any atom is 0.225 e. The van der Waals surface area contributed by atoms with E-state index in [1.807, 2.05) is 24.3 Å². The van der Waals surface area contributed by atoms with Gasteiger partial charge < -0.3 is 14.7 Å². The molecule has 2 fully saturated rings. The van der Waals surface area contributed by atoms with Gasteiger partial charge in [-0.15, -0.1) is 0 Å². The fourth-order valence-electron chi connectivity index (χ4n) is 4.75. The normalized spacial score (nSPS) is 20.3. The maximum absolute atomic E-state index is 13.2. The number of carbonyl (C=O) groups is 2. The van der Waals surface area contributed by atoms with Gasteiger partial charge in [0.1, 0.15) is 6.29 Å². The summed E-state index contributed by atoms with van der Waals surface area (Å²) < 4.78 is 0. The standard InChI is InChI=1S/C25H31N3O2/c1-19-4-3-5-24(16-19)28-15-14-27(17-20(28)2)25(30)22-10-12-26(13-11-22)23-8-6-21(18-29)7-9-23/h3-9,16,18,20,22H,10-15,17H2,1-2H3/t20-/m0/s1. The van der Waals surface area contributed by atoms with Crippen LogP contribution in [0.5, 0.6) is 0 Å². The van der Waals surface area contributed by atoms with Crippen LogP contribution < -0.4 is 9.80 Å². The van der Waals surface area contributed by atoms with Gasteiger partial charge in [-0.1, -0.05) is 12.1 Å². The minimum atomic E-state index is 0.119. The molecule has 0 N–H and O–H groups in total. The first-order chi connectivity index (χ1) is 14.5. The molecule has 2 heterocycles. The number of piperazine rings is 1. The van der Waals surface area contributed by atoms with Crippen molar-refractivity contribution in [2.75, 3.05) is 42.5 Å². The molecule has 5 heteroatoms. The molecule has 0 aliphatic carbocycles. The Balaban J connectivity index is 1.32. The zero-order chi connectivity index (χ0) is 21.1. The Morgan fingerprint density at radius 3 is 2.33 bits per heavy atom. The number of piperidine rings is 1. The third-order valence-electron chi connectivity index (χ3n) is 6.51. The van der Waals surface area contributed by atoms with Crippen LogP contribution in [0.1, 0.15) is 35.7 Å². The predicted octanol–water partition coefficient (Wildman–Crippen LogP) is 3.76. The average molecular weight is 406 g/mol. The lowest BCUT2D eigenvalue weighted by atomic mass is 9.94. The van der Waals surface area contributed by atoms with Crippen LogP contribution in [0.2, 0.25) is 0 Å². The van der Waals surface area contributed by atoms with E-state index in [4.69, 9.17) is 0 Å². The lowest BCUT2D eigenvalue weighted by Crippen LogP contribution is -2.55. The van der Waals surface area contributed by atoms with Crippen molar-refractivity contribution in [3.8, 4) is 0 Å². The molecule has 158 valence electrons. The van der Waals surface area contributed by atoms with E-state index in [1.54, 1.807) is 0 Å². The van der Waals surface area contributed by atoms with Crippen LogP contribution >= 0.6 is 0 Å². The summed E-state index contributed by atoms with van der Waals surface area (Å²) in [4.78, 5) is 30.8. The molecule has 2 aromatic carbocycles. The number of benzene rings is 2. The molecule has 2 saturated heterocycles. The van der Waals surface area contributed by atoms with Gasteiger partial charge in [0, 0.05) is 61.6 Å². The monoisotopic (exact) mass is 405 g/mol. The quantitative estimate of drug-likeness (QED) is 0.727. The second kappa shape index (κ2) is 8.90. The molecule has 4 rings (SSSR count). The number of hydrogen-bond donors (Lipinski definition) is 0. The molecule has 0 unspecified atom stereocenters. The van der Waals surface area contributed by atoms with Crippen LogP contribution in [0.15, 0.2) is 48.5 Å². The Bertz CT molecular complexity index is 888. The van der Waals surface area contributed by atoms with E-state index in [9.17, 15) is 9.59 Å². The van der Waals surface area contributed by atoms with Gasteiger partial charge in [0.15, 0.2) is 0 Å². The van der Waals surface area contributed by atoms with E-state index in [-0.39, 0.29) is 5.92 Å². The molecule has 0 bridgehead atoms. The molecule has 1 amide bonds. The topological polar surface area (TPSA) is 43.9 Å². The minimum absolute atomic E-state index is 0.119. The highest BCUT2D eigenvalue weighted by molar-refractivity contribution is 5.80. The Labute approximate surface area is 179 Å². The lowest BCUT2D eigenvalue weighted by Gasteiger charge is -2.43. The van der Waals surface area contributed by atoms with Crippen molar-refractivity contribution in [1.29, 1.82) is 0 Å². The summed E-state index contributed by atoms with van der Waals surface area (Å²) in [6.45, 7) is 8.58. The molecule has 0 aromatic heterocycles. The van der Waals surface area contributed by atoms with E-state index < -0.39 is 0 Å². The van der Waals surface area contributed by atoms with Gasteiger partial charge >= 0.3 is 0 Å². The number of hydrogen-bond acceptors (Lipinski definition) is 4. The predicted molar refractivity (Wildman–Crippen MR) is 121 cm³/mol. The van der Waals surface area contributed by atoms with E-state index in [0.29, 0.717) is 17.5 Å². The van der Waals surface area contributed by atoms with Crippen molar-refractivity contribution in [3.63, 3.8) is 0 Å². The largest absolute Gasteiger partial charge is 0.371 e. The first kappa shape index (κ1) is 20.5. The second-order valence-electron chi connectivity index (χ2n) is 8.64. The molecule has 0 spiro atoms. The van der Waals surface area contributed by atoms with Gasteiger partial charge in [0.25, 0.3) is 0 Å². The number of aryl methyl sites for hydroxylation is 1. The maximum atomic E-state index is 13.2. The molecule has 30 heavy (non-hydrogen) atoms. The van der Waals surface area contributed by atoms with Crippen LogP contribution in [0.3, 0.4) is 0 Å². The van der Waals surface area contributed by atoms with E-state index >= 15 is 0 Å². The molecular weight excluding hydrogens is 374 g/mol. The number of amides is 1. The zero-order valence-corrected chi connectivity index (χ0v) is 18.0. The third kappa shape index (κ3) is 4.35. The van der Waals surface area contributed by atoms with Crippen LogP contribution in [-0.4, -0.2) is 55.9 Å². The Hall–Kier alpha value is -2.82. The number of aldehydes is 1. The van der Waals surface area contributed by atoms with Gasteiger partial charge in [0.05, 0.1) is 0 Å². The highest BCUT2D eigenvalue weighted by Gasteiger charge is 2.32. The lowest BCUT2D eigenvalue weighted by molar-refractivity contribution is -0.137. The molecule has 2 aliphatic rings. The second-order valence-corrected chi connectivity index (χ2v) is 8.64. The molecular formula is C25H31N3O2. The minimum Gasteiger partial charge on any atom is -0.371 e. The van der Waals surface area contributed by atoms with Crippen molar-refractivity contribution in [1.82, 2.24) is 4.90 Å². The first-order valence-electron chi connectivity index (χ1n) is 11.0. The fourth-order valence-corrected chi connectivity index (χ4v) is 4.75. The van der Waals surface area contributed by atoms with Gasteiger partial charge in [-0.3, -0.25) is 9.59 Å². The van der Waals surface area contributed by atoms with Gasteiger partial charge in [-0.05, 0) is 68.7 Å². The van der Waals surface area contributed by atoms with Crippen LogP contribution in [0, 0.1) is 12.8 Å². The number of rotatable bonds is 4. The molecule has 5 nitrogen and oxygen atoms in total. The van der Waals surface area contributed by atoms with Crippen molar-refractivity contribution in [2.45, 2.75) is 32.7 Å². The number of anilines is 2. The SMILES string of the molecule is Cc1cccc(N2CCN(C(=O)C3CCN(c4ccc(C=O)cc4)CC3)C[C@@H]2C)c1. The zero-order valence-electron chi connectivity index (χ0n) is 18.0. The molecule has 2 aromatic rings. The summed E-state index contributed by atoms with van der Waals surface area (Å²) in [5, 5.41) is 0. The first-order valence-corrected chi connectivity index (χ1v) is 11.0. The van der Waals surface area contributed by atoms with E-state index in [0.717, 1.165) is 57.5 Å². The summed E-state index contributed by atoms with van der Waals surface area (Å²) in [5.41, 5.74) is 4.35. The smallest absolute Gasteiger partial charge is 0.225 e. The van der Waals surface area contributed by atoms with Gasteiger partial charge in [-0.2, -0.15) is 0 Å². The van der Waals surface area contributed by atoms with Crippen molar-refractivity contribution >= 4 is 23.6 Å². The van der Waals surface area contributed by atoms with E-state index in [2.05, 4.69) is 52.8 Å². The van der Waals surface area contributed by atoms with Crippen LogP contribution in [-0.2, 0) is 4.79 Å². The molecule has 0 saturated carbocycles. The molecule has 0 radical (unpaired) electrons. The van der Waals surface area contributed by atoms with Crippen LogP contribution in [0.4, 0.5) is 11.4 Å². The Morgan fingerprint density at radius 2 is 1.70 bits per heavy atom. The van der Waals surface area contributed by atoms with Gasteiger partial charge in [-0.25, -0.2) is 0 Å². The summed E-state index contributed by atoms with van der Waals surface area (Å²) in [6, 6.07) is 16.6. The van der Waals surface area contributed by atoms with Crippen LogP contribution in [0.25, 0.3) is 0 Å². The van der Waals surface area contributed by atoms with Crippen molar-refractivity contribution < 1.29 is 9.59 Å². The molecule has 2 aliphatic heterocycles. The molecule has 1 atom stereocenters. The summed E-state index contributed by atoms with van der Waals surface area (Å²) in [7, 11) is 0. The number of carbonyl (C=O) groups excluding carboxylic acids is 2.